The van der Waals surface area contributed by atoms with Gasteiger partial charge in [-0.3, -0.25) is 9.36 Å². The van der Waals surface area contributed by atoms with Crippen molar-refractivity contribution in [2.45, 2.75) is 187 Å². The molecule has 332 valence electrons. The highest BCUT2D eigenvalue weighted by Gasteiger charge is 2.20. The van der Waals surface area contributed by atoms with E-state index >= 15 is 0 Å². The molecule has 2 unspecified atom stereocenters. The first-order valence-electron chi connectivity index (χ1n) is 23.0. The van der Waals surface area contributed by atoms with Crippen LogP contribution in [0.4, 0.5) is 0 Å². The van der Waals surface area contributed by atoms with Crippen LogP contribution in [-0.4, -0.2) is 70.7 Å². The molecule has 0 aromatic heterocycles. The lowest BCUT2D eigenvalue weighted by atomic mass is 10.1. The smallest absolute Gasteiger partial charge is 0.306 e. The summed E-state index contributed by atoms with van der Waals surface area (Å²) in [6, 6.07) is 0. The Kier molecular flexibility index (Phi) is 39.7. The van der Waals surface area contributed by atoms with Crippen molar-refractivity contribution in [1.29, 1.82) is 0 Å². The lowest BCUT2D eigenvalue weighted by molar-refractivity contribution is -0.870. The Morgan fingerprint density at radius 1 is 0.561 bits per heavy atom. The summed E-state index contributed by atoms with van der Waals surface area (Å²) in [5, 5.41) is 0. The first-order chi connectivity index (χ1) is 27.6. The Labute approximate surface area is 351 Å². The topological polar surface area (TPSA) is 94.1 Å². The number of rotatable bonds is 42. The van der Waals surface area contributed by atoms with E-state index in [0.29, 0.717) is 24.1 Å². The van der Waals surface area contributed by atoms with E-state index in [1.54, 1.807) is 0 Å². The van der Waals surface area contributed by atoms with Crippen molar-refractivity contribution in [3.63, 3.8) is 0 Å². The molecule has 0 N–H and O–H groups in total. The first-order valence-corrected chi connectivity index (χ1v) is 24.5. The average Bonchev–Trinajstić information content (AvgIpc) is 3.16. The number of phosphoric ester groups is 1. The van der Waals surface area contributed by atoms with Gasteiger partial charge in [0.15, 0.2) is 0 Å². The molecule has 0 rings (SSSR count). The van der Waals surface area contributed by atoms with Crippen molar-refractivity contribution in [3.05, 3.63) is 60.8 Å². The number of carbonyl (C=O) groups is 1. The molecule has 0 aromatic rings. The van der Waals surface area contributed by atoms with Crippen LogP contribution in [0.3, 0.4) is 0 Å². The number of unbranched alkanes of at least 4 members (excludes halogenated alkanes) is 18. The number of hydrogen-bond acceptors (Lipinski definition) is 7. The van der Waals surface area contributed by atoms with Crippen LogP contribution < -0.4 is 4.89 Å². The normalized spacial score (nSPS) is 14.3. The molecule has 9 heteroatoms. The minimum Gasteiger partial charge on any atom is -0.756 e. The summed E-state index contributed by atoms with van der Waals surface area (Å²) in [5.41, 5.74) is 0. The Bertz CT molecular complexity index is 1090. The maximum absolute atomic E-state index is 12.7. The minimum atomic E-state index is -4.53. The highest BCUT2D eigenvalue weighted by Crippen LogP contribution is 2.38. The third kappa shape index (κ3) is 45.1. The second-order valence-corrected chi connectivity index (χ2v) is 17.8. The van der Waals surface area contributed by atoms with Crippen LogP contribution in [0.1, 0.15) is 181 Å². The number of quaternary nitrogens is 1. The van der Waals surface area contributed by atoms with E-state index in [-0.39, 0.29) is 25.8 Å². The van der Waals surface area contributed by atoms with Gasteiger partial charge in [-0.1, -0.05) is 158 Å². The summed E-state index contributed by atoms with van der Waals surface area (Å²) < 4.78 is 34.6. The van der Waals surface area contributed by atoms with Gasteiger partial charge in [0.25, 0.3) is 7.82 Å². The van der Waals surface area contributed by atoms with Crippen molar-refractivity contribution >= 4 is 13.8 Å². The van der Waals surface area contributed by atoms with Crippen LogP contribution in [0.15, 0.2) is 60.8 Å². The van der Waals surface area contributed by atoms with Crippen molar-refractivity contribution in [2.24, 2.45) is 0 Å². The zero-order valence-electron chi connectivity index (χ0n) is 37.5. The molecule has 0 aromatic carbocycles. The monoisotopic (exact) mass is 822 g/mol. The maximum atomic E-state index is 12.7. The first kappa shape index (κ1) is 55.2. The molecule has 0 heterocycles. The van der Waals surface area contributed by atoms with E-state index in [1.807, 2.05) is 21.1 Å². The molecule has 0 aliphatic rings. The summed E-state index contributed by atoms with van der Waals surface area (Å²) in [4.78, 5) is 25.1. The number of ether oxygens (including phenoxy) is 2. The van der Waals surface area contributed by atoms with Gasteiger partial charge in [0.05, 0.1) is 34.4 Å². The number of esters is 1. The molecule has 0 radical (unpaired) electrons. The van der Waals surface area contributed by atoms with Crippen molar-refractivity contribution in [1.82, 2.24) is 0 Å². The number of nitrogens with zero attached hydrogens (tertiary/aromatic N) is 1. The van der Waals surface area contributed by atoms with Gasteiger partial charge >= 0.3 is 5.97 Å². The van der Waals surface area contributed by atoms with Gasteiger partial charge in [0.2, 0.25) is 0 Å². The molecule has 0 saturated carbocycles. The van der Waals surface area contributed by atoms with Crippen molar-refractivity contribution in [3.8, 4) is 0 Å². The van der Waals surface area contributed by atoms with Gasteiger partial charge in [0, 0.05) is 13.0 Å². The largest absolute Gasteiger partial charge is 0.756 e. The predicted molar refractivity (Wildman–Crippen MR) is 240 cm³/mol. The molecule has 0 fully saturated rings. The van der Waals surface area contributed by atoms with Crippen LogP contribution in [0.2, 0.25) is 0 Å². The zero-order valence-corrected chi connectivity index (χ0v) is 38.4. The van der Waals surface area contributed by atoms with Crippen molar-refractivity contribution in [2.75, 3.05) is 54.1 Å². The summed E-state index contributed by atoms with van der Waals surface area (Å²) in [6.45, 7) is 5.25. The minimum absolute atomic E-state index is 0.0204. The summed E-state index contributed by atoms with van der Waals surface area (Å²) in [7, 11) is 1.34. The van der Waals surface area contributed by atoms with Crippen LogP contribution >= 0.6 is 7.82 Å². The number of carbonyl (C=O) groups excluding carboxylic acids is 1. The third-order valence-corrected chi connectivity index (χ3v) is 10.5. The number of likely N-dealkylation sites (N-methyl/N-ethyl adjacent to an activating group) is 1. The Morgan fingerprint density at radius 2 is 1.02 bits per heavy atom. The zero-order chi connectivity index (χ0) is 42.0. The molecular weight excluding hydrogens is 734 g/mol. The van der Waals surface area contributed by atoms with Crippen LogP contribution in [-0.2, 0) is 27.9 Å². The highest BCUT2D eigenvalue weighted by atomic mass is 31.2. The van der Waals surface area contributed by atoms with Crippen LogP contribution in [0.25, 0.3) is 0 Å². The fourth-order valence-corrected chi connectivity index (χ4v) is 6.73. The average molecular weight is 822 g/mol. The molecule has 0 amide bonds. The van der Waals surface area contributed by atoms with E-state index < -0.39 is 13.9 Å². The Balaban J connectivity index is 4.24. The number of allylic oxidation sites excluding steroid dienone is 10. The van der Waals surface area contributed by atoms with Gasteiger partial charge in [-0.25, -0.2) is 0 Å². The van der Waals surface area contributed by atoms with Crippen molar-refractivity contribution < 1.29 is 37.3 Å². The Morgan fingerprint density at radius 3 is 1.53 bits per heavy atom. The fraction of sp³-hybridized carbons (Fsp3) is 0.771. The molecule has 0 saturated heterocycles. The lowest BCUT2D eigenvalue weighted by Crippen LogP contribution is -2.37. The highest BCUT2D eigenvalue weighted by molar-refractivity contribution is 7.45. The molecule has 2 atom stereocenters. The molecule has 57 heavy (non-hydrogen) atoms. The number of hydrogen-bond donors (Lipinski definition) is 0. The Hall–Kier alpha value is -1.80. The third-order valence-electron chi connectivity index (χ3n) is 9.55. The maximum Gasteiger partial charge on any atom is 0.306 e. The molecule has 8 nitrogen and oxygen atoms in total. The van der Waals surface area contributed by atoms with E-state index in [9.17, 15) is 14.3 Å². The fourth-order valence-electron chi connectivity index (χ4n) is 6.00. The summed E-state index contributed by atoms with van der Waals surface area (Å²) in [5.74, 6) is -0.347. The quantitative estimate of drug-likeness (QED) is 0.0199. The predicted octanol–water partition coefficient (Wildman–Crippen LogP) is 13.1. The van der Waals surface area contributed by atoms with Gasteiger partial charge in [-0.2, -0.15) is 0 Å². The van der Waals surface area contributed by atoms with Crippen LogP contribution in [0.5, 0.6) is 0 Å². The second-order valence-electron chi connectivity index (χ2n) is 16.4. The molecule has 0 aliphatic heterocycles. The molecule has 0 bridgehead atoms. The van der Waals surface area contributed by atoms with E-state index in [4.69, 9.17) is 18.5 Å². The molecule has 0 aliphatic carbocycles. The SMILES string of the molecule is CC/C=C\C/C=C\C/C=C\CCCCCCCCCCOCC(COP(=O)([O-])OCC[N+](C)(C)C)OC(=O)CCCCCCCCC/C=C\C/C=C\CCCCC. The summed E-state index contributed by atoms with van der Waals surface area (Å²) >= 11 is 0. The van der Waals surface area contributed by atoms with Gasteiger partial charge < -0.3 is 27.9 Å². The molecular formula is C48H88NO7P. The van der Waals surface area contributed by atoms with E-state index in [1.165, 1.54) is 89.9 Å². The van der Waals surface area contributed by atoms with Gasteiger partial charge in [-0.05, 0) is 77.0 Å². The van der Waals surface area contributed by atoms with Gasteiger partial charge in [-0.15, -0.1) is 0 Å². The summed E-state index contributed by atoms with van der Waals surface area (Å²) in [6.07, 6.45) is 50.8. The number of phosphoric acid groups is 1. The standard InChI is InChI=1S/C48H88NO7P/c1-6-8-10-12-14-16-18-20-22-24-26-28-30-32-34-36-38-40-43-53-45-47(46-55-57(51,52)54-44-42-49(3,4)5)56-48(50)41-39-37-35-33-31-29-27-25-23-21-19-17-15-13-11-9-7-2/h8,10,14-17,20-23,47H,6-7,9,11-13,18-19,24-46H2,1-5H3/b10-8-,16-14-,17-15-,22-20-,23-21-. The van der Waals surface area contributed by atoms with E-state index in [0.717, 1.165) is 70.6 Å². The molecule has 0 spiro atoms. The van der Waals surface area contributed by atoms with Gasteiger partial charge in [0.1, 0.15) is 19.3 Å². The van der Waals surface area contributed by atoms with Crippen LogP contribution in [0, 0.1) is 0 Å². The lowest BCUT2D eigenvalue weighted by Gasteiger charge is -2.28. The van der Waals surface area contributed by atoms with E-state index in [2.05, 4.69) is 74.6 Å². The second kappa shape index (κ2) is 41.0.